The van der Waals surface area contributed by atoms with Gasteiger partial charge in [0.05, 0.1) is 0 Å². The third kappa shape index (κ3) is 4.95. The molecule has 1 saturated carbocycles. The van der Waals surface area contributed by atoms with Gasteiger partial charge in [-0.2, -0.15) is 0 Å². The van der Waals surface area contributed by atoms with Crippen LogP contribution >= 0.6 is 0 Å². The first kappa shape index (κ1) is 19.5. The second kappa shape index (κ2) is 9.57. The van der Waals surface area contributed by atoms with E-state index in [1.807, 2.05) is 0 Å². The molecule has 0 atom stereocenters. The van der Waals surface area contributed by atoms with E-state index in [-0.39, 0.29) is 0 Å². The zero-order valence-corrected chi connectivity index (χ0v) is 17.2. The molecular weight excluding hydrogens is 350 g/mol. The third-order valence-electron chi connectivity index (χ3n) is 6.76. The monoisotopic (exact) mass is 385 g/mol. The van der Waals surface area contributed by atoms with Gasteiger partial charge in [-0.3, -0.25) is 4.79 Å². The Morgan fingerprint density at radius 1 is 0.786 bits per heavy atom. The number of amides is 1. The number of aromatic nitrogens is 2. The molecule has 0 unspecified atom stereocenters. The Labute approximate surface area is 169 Å². The predicted molar refractivity (Wildman–Crippen MR) is 113 cm³/mol. The Morgan fingerprint density at radius 2 is 1.36 bits per heavy atom. The lowest BCUT2D eigenvalue weighted by Gasteiger charge is -2.35. The van der Waals surface area contributed by atoms with Gasteiger partial charge in [0.2, 0.25) is 5.91 Å². The second-order valence-corrected chi connectivity index (χ2v) is 8.71. The van der Waals surface area contributed by atoms with Crippen LogP contribution < -0.4 is 9.80 Å². The zero-order chi connectivity index (χ0) is 19.2. The van der Waals surface area contributed by atoms with Crippen LogP contribution in [-0.2, 0) is 4.79 Å². The molecule has 0 radical (unpaired) electrons. The van der Waals surface area contributed by atoms with Crippen molar-refractivity contribution in [2.24, 2.45) is 5.92 Å². The molecule has 0 aromatic carbocycles. The highest BCUT2D eigenvalue weighted by Gasteiger charge is 2.23. The van der Waals surface area contributed by atoms with Crippen LogP contribution in [0, 0.1) is 5.92 Å². The topological polar surface area (TPSA) is 52.6 Å². The first-order valence-corrected chi connectivity index (χ1v) is 11.4. The Morgan fingerprint density at radius 3 is 1.96 bits per heavy atom. The molecule has 3 heterocycles. The number of hydrogen-bond acceptors (Lipinski definition) is 5. The van der Waals surface area contributed by atoms with Gasteiger partial charge >= 0.3 is 0 Å². The van der Waals surface area contributed by atoms with Crippen LogP contribution in [0.15, 0.2) is 12.1 Å². The van der Waals surface area contributed by atoms with Gasteiger partial charge in [0.15, 0.2) is 11.6 Å². The van der Waals surface area contributed by atoms with E-state index in [1.165, 1.54) is 51.4 Å². The van der Waals surface area contributed by atoms with Crippen molar-refractivity contribution < 1.29 is 4.79 Å². The summed E-state index contributed by atoms with van der Waals surface area (Å²) in [5.41, 5.74) is 0. The van der Waals surface area contributed by atoms with Crippen LogP contribution in [-0.4, -0.2) is 60.3 Å². The summed E-state index contributed by atoms with van der Waals surface area (Å²) in [4.78, 5) is 19.2. The van der Waals surface area contributed by atoms with Gasteiger partial charge < -0.3 is 14.7 Å². The minimum atomic E-state index is 0.344. The average molecular weight is 386 g/mol. The van der Waals surface area contributed by atoms with Crippen molar-refractivity contribution in [2.45, 2.75) is 64.2 Å². The van der Waals surface area contributed by atoms with Gasteiger partial charge in [0.1, 0.15) is 0 Å². The van der Waals surface area contributed by atoms with Crippen molar-refractivity contribution in [3.05, 3.63) is 12.1 Å². The van der Waals surface area contributed by atoms with Crippen LogP contribution in [0.1, 0.15) is 64.2 Å². The molecule has 3 aliphatic rings. The lowest BCUT2D eigenvalue weighted by molar-refractivity contribution is -0.131. The molecule has 6 heteroatoms. The fraction of sp³-hybridized carbons (Fsp3) is 0.773. The highest BCUT2D eigenvalue weighted by atomic mass is 16.2. The van der Waals surface area contributed by atoms with Crippen molar-refractivity contribution >= 4 is 17.5 Å². The van der Waals surface area contributed by atoms with Crippen LogP contribution in [0.4, 0.5) is 11.6 Å². The standard InChI is InChI=1S/C22H35N5O/c28-22(12-9-19-7-3-1-4-8-19)27-17-15-26(16-18-27)21-11-10-20(23-24-21)25-13-5-2-6-14-25/h10-11,19H,1-9,12-18H2. The molecule has 2 aliphatic heterocycles. The van der Waals surface area contributed by atoms with Crippen molar-refractivity contribution in [1.82, 2.24) is 15.1 Å². The smallest absolute Gasteiger partial charge is 0.222 e. The summed E-state index contributed by atoms with van der Waals surface area (Å²) in [7, 11) is 0. The van der Waals surface area contributed by atoms with E-state index in [0.29, 0.717) is 5.91 Å². The van der Waals surface area contributed by atoms with Crippen LogP contribution in [0.2, 0.25) is 0 Å². The highest BCUT2D eigenvalue weighted by Crippen LogP contribution is 2.27. The van der Waals surface area contributed by atoms with E-state index in [9.17, 15) is 4.79 Å². The Balaban J connectivity index is 1.22. The van der Waals surface area contributed by atoms with E-state index < -0.39 is 0 Å². The van der Waals surface area contributed by atoms with Gasteiger partial charge in [-0.1, -0.05) is 32.1 Å². The number of nitrogens with zero attached hydrogens (tertiary/aromatic N) is 5. The number of rotatable bonds is 5. The molecule has 1 aromatic heterocycles. The van der Waals surface area contributed by atoms with E-state index in [2.05, 4.69) is 37.0 Å². The molecule has 4 rings (SSSR count). The average Bonchev–Trinajstić information content (AvgIpc) is 2.79. The predicted octanol–water partition coefficient (Wildman–Crippen LogP) is 3.48. The summed E-state index contributed by atoms with van der Waals surface area (Å²) >= 11 is 0. The molecule has 6 nitrogen and oxygen atoms in total. The fourth-order valence-corrected chi connectivity index (χ4v) is 4.92. The minimum Gasteiger partial charge on any atom is -0.355 e. The zero-order valence-electron chi connectivity index (χ0n) is 17.2. The number of carbonyl (C=O) groups excluding carboxylic acids is 1. The van der Waals surface area contributed by atoms with Gasteiger partial charge in [-0.15, -0.1) is 10.2 Å². The maximum Gasteiger partial charge on any atom is 0.222 e. The minimum absolute atomic E-state index is 0.344. The lowest BCUT2D eigenvalue weighted by Crippen LogP contribution is -2.49. The quantitative estimate of drug-likeness (QED) is 0.777. The third-order valence-corrected chi connectivity index (χ3v) is 6.76. The number of anilines is 2. The molecule has 0 spiro atoms. The normalized spacial score (nSPS) is 21.8. The largest absolute Gasteiger partial charge is 0.355 e. The summed E-state index contributed by atoms with van der Waals surface area (Å²) in [6.45, 7) is 5.50. The van der Waals surface area contributed by atoms with Gasteiger partial charge in [-0.25, -0.2) is 0 Å². The van der Waals surface area contributed by atoms with Crippen molar-refractivity contribution in [1.29, 1.82) is 0 Å². The van der Waals surface area contributed by atoms with Crippen LogP contribution in [0.5, 0.6) is 0 Å². The highest BCUT2D eigenvalue weighted by molar-refractivity contribution is 5.76. The molecule has 1 amide bonds. The molecule has 2 saturated heterocycles. The van der Waals surface area contributed by atoms with Gasteiger partial charge in [0, 0.05) is 45.7 Å². The molecule has 0 N–H and O–H groups in total. The van der Waals surface area contributed by atoms with Crippen molar-refractivity contribution in [3.8, 4) is 0 Å². The number of piperidine rings is 1. The van der Waals surface area contributed by atoms with E-state index >= 15 is 0 Å². The SMILES string of the molecule is O=C(CCC1CCCCC1)N1CCN(c2ccc(N3CCCCC3)nn2)CC1. The van der Waals surface area contributed by atoms with Gasteiger partial charge in [0.25, 0.3) is 0 Å². The first-order valence-electron chi connectivity index (χ1n) is 11.4. The van der Waals surface area contributed by atoms with Crippen molar-refractivity contribution in [2.75, 3.05) is 49.1 Å². The van der Waals surface area contributed by atoms with E-state index in [1.54, 1.807) is 0 Å². The van der Waals surface area contributed by atoms with Crippen LogP contribution in [0.3, 0.4) is 0 Å². The fourth-order valence-electron chi connectivity index (χ4n) is 4.92. The van der Waals surface area contributed by atoms with E-state index in [0.717, 1.165) is 69.7 Å². The molecule has 1 aliphatic carbocycles. The number of piperazine rings is 1. The maximum absolute atomic E-state index is 12.6. The summed E-state index contributed by atoms with van der Waals surface area (Å²) in [6, 6.07) is 4.20. The summed E-state index contributed by atoms with van der Waals surface area (Å²) in [6.07, 6.45) is 12.4. The Kier molecular flexibility index (Phi) is 6.65. The number of carbonyl (C=O) groups is 1. The maximum atomic E-state index is 12.6. The Hall–Kier alpha value is -1.85. The first-order chi connectivity index (χ1) is 13.8. The summed E-state index contributed by atoms with van der Waals surface area (Å²) < 4.78 is 0. The van der Waals surface area contributed by atoms with E-state index in [4.69, 9.17) is 0 Å². The van der Waals surface area contributed by atoms with Gasteiger partial charge in [-0.05, 0) is 43.7 Å². The van der Waals surface area contributed by atoms with Crippen LogP contribution in [0.25, 0.3) is 0 Å². The molecular formula is C22H35N5O. The molecule has 3 fully saturated rings. The molecule has 1 aromatic rings. The lowest BCUT2D eigenvalue weighted by atomic mass is 9.86. The second-order valence-electron chi connectivity index (χ2n) is 8.71. The Bertz CT molecular complexity index is 614. The molecule has 28 heavy (non-hydrogen) atoms. The summed E-state index contributed by atoms with van der Waals surface area (Å²) in [5, 5.41) is 8.94. The molecule has 154 valence electrons. The number of hydrogen-bond donors (Lipinski definition) is 0. The van der Waals surface area contributed by atoms with Crippen molar-refractivity contribution in [3.63, 3.8) is 0 Å². The summed E-state index contributed by atoms with van der Waals surface area (Å²) in [5.74, 6) is 3.07. The molecule has 0 bridgehead atoms.